The minimum Gasteiger partial charge on any atom is -0.348 e. The van der Waals surface area contributed by atoms with E-state index >= 15 is 0 Å². The molecular weight excluding hydrogens is 354 g/mol. The molecule has 0 aliphatic carbocycles. The summed E-state index contributed by atoms with van der Waals surface area (Å²) < 4.78 is 4.39. The molecule has 4 aromatic rings. The molecule has 0 aliphatic rings. The highest BCUT2D eigenvalue weighted by Gasteiger charge is 2.16. The van der Waals surface area contributed by atoms with Gasteiger partial charge in [0.1, 0.15) is 0 Å². The third-order valence-electron chi connectivity index (χ3n) is 5.08. The van der Waals surface area contributed by atoms with Gasteiger partial charge in [-0.2, -0.15) is 0 Å². The van der Waals surface area contributed by atoms with Gasteiger partial charge in [-0.15, -0.1) is 11.3 Å². The van der Waals surface area contributed by atoms with Crippen LogP contribution in [0.2, 0.25) is 0 Å². The van der Waals surface area contributed by atoms with Crippen LogP contribution in [0, 0.1) is 13.8 Å². The second-order valence-electron chi connectivity index (χ2n) is 6.78. The number of carbonyl (C=O) groups excluding carboxylic acids is 1. The zero-order chi connectivity index (χ0) is 19.0. The first-order chi connectivity index (χ1) is 13.1. The number of aromatic nitrogens is 2. The number of fused-ring (bicyclic) bond motifs is 1. The van der Waals surface area contributed by atoms with Crippen molar-refractivity contribution < 1.29 is 4.79 Å². The van der Waals surface area contributed by atoms with Crippen LogP contribution < -0.4 is 5.32 Å². The third-order valence-corrected chi connectivity index (χ3v) is 5.94. The molecule has 1 N–H and O–H groups in total. The lowest BCUT2D eigenvalue weighted by molar-refractivity contribution is 0.102. The maximum Gasteiger partial charge on any atom is 0.257 e. The Morgan fingerprint density at radius 1 is 1.15 bits per heavy atom. The topological polar surface area (TPSA) is 39.0 Å². The summed E-state index contributed by atoms with van der Waals surface area (Å²) in [5.41, 5.74) is 4.84. The summed E-state index contributed by atoms with van der Waals surface area (Å²) >= 11 is 1.74. The van der Waals surface area contributed by atoms with Crippen molar-refractivity contribution in [2.24, 2.45) is 0 Å². The molecule has 0 saturated carbocycles. The van der Waals surface area contributed by atoms with E-state index < -0.39 is 0 Å². The van der Waals surface area contributed by atoms with Crippen LogP contribution in [-0.4, -0.2) is 15.0 Å². The van der Waals surface area contributed by atoms with Gasteiger partial charge in [0.2, 0.25) is 0 Å². The van der Waals surface area contributed by atoms with E-state index in [9.17, 15) is 4.79 Å². The number of amides is 1. The monoisotopic (exact) mass is 377 g/mol. The zero-order valence-corrected chi connectivity index (χ0v) is 16.6. The molecule has 27 heavy (non-hydrogen) atoms. The third kappa shape index (κ3) is 3.30. The highest BCUT2D eigenvalue weighted by atomic mass is 32.1. The summed E-state index contributed by atoms with van der Waals surface area (Å²) in [5.74, 6) is -0.0604. The summed E-state index contributed by atoms with van der Waals surface area (Å²) in [5, 5.41) is 6.28. The van der Waals surface area contributed by atoms with Crippen molar-refractivity contribution in [3.63, 3.8) is 0 Å². The molecular formula is C22H23N3OS. The summed E-state index contributed by atoms with van der Waals surface area (Å²) in [7, 11) is 0. The van der Waals surface area contributed by atoms with Crippen LogP contribution in [0.4, 0.5) is 5.69 Å². The fraction of sp³-hybridized carbons (Fsp3) is 0.227. The Kier molecular flexibility index (Phi) is 4.62. The van der Waals surface area contributed by atoms with Crippen LogP contribution >= 0.6 is 11.3 Å². The number of carbonyl (C=O) groups is 1. The Bertz CT molecular complexity index is 1100. The van der Waals surface area contributed by atoms with Crippen molar-refractivity contribution in [1.29, 1.82) is 0 Å². The molecule has 0 fully saturated rings. The predicted molar refractivity (Wildman–Crippen MR) is 113 cm³/mol. The van der Waals surface area contributed by atoms with Gasteiger partial charge in [-0.05, 0) is 62.5 Å². The van der Waals surface area contributed by atoms with Crippen molar-refractivity contribution >= 4 is 33.8 Å². The highest BCUT2D eigenvalue weighted by Crippen LogP contribution is 2.23. The summed E-state index contributed by atoms with van der Waals surface area (Å²) in [4.78, 5) is 14.2. The lowest BCUT2D eigenvalue weighted by Gasteiger charge is -2.09. The SMILES string of the molecule is CCn1ccc2cc(NC(=O)c3cc(C)n(Cc4cccs4)c3C)ccc21. The van der Waals surface area contributed by atoms with Crippen LogP contribution in [0.1, 0.15) is 33.5 Å². The molecule has 4 nitrogen and oxygen atoms in total. The number of hydrogen-bond acceptors (Lipinski definition) is 2. The lowest BCUT2D eigenvalue weighted by Crippen LogP contribution is -2.13. The van der Waals surface area contributed by atoms with Crippen LogP contribution in [0.15, 0.2) is 54.0 Å². The molecule has 1 amide bonds. The van der Waals surface area contributed by atoms with Crippen LogP contribution in [0.25, 0.3) is 10.9 Å². The van der Waals surface area contributed by atoms with E-state index in [0.717, 1.165) is 41.1 Å². The van der Waals surface area contributed by atoms with Gasteiger partial charge in [-0.3, -0.25) is 4.79 Å². The normalized spacial score (nSPS) is 11.2. The summed E-state index contributed by atoms with van der Waals surface area (Å²) in [6.45, 7) is 7.93. The maximum atomic E-state index is 12.9. The van der Waals surface area contributed by atoms with Gasteiger partial charge in [0.15, 0.2) is 0 Å². The molecule has 0 bridgehead atoms. The second kappa shape index (κ2) is 7.08. The average Bonchev–Trinajstić information content (AvgIpc) is 3.37. The fourth-order valence-corrected chi connectivity index (χ4v) is 4.28. The first-order valence-electron chi connectivity index (χ1n) is 9.16. The first kappa shape index (κ1) is 17.6. The summed E-state index contributed by atoms with van der Waals surface area (Å²) in [6, 6.07) is 14.3. The molecule has 0 radical (unpaired) electrons. The molecule has 138 valence electrons. The number of rotatable bonds is 5. The van der Waals surface area contributed by atoms with E-state index in [4.69, 9.17) is 0 Å². The Balaban J connectivity index is 1.58. The average molecular weight is 378 g/mol. The van der Waals surface area contributed by atoms with Crippen molar-refractivity contribution in [3.05, 3.63) is 75.9 Å². The minimum atomic E-state index is -0.0604. The molecule has 0 aliphatic heterocycles. The largest absolute Gasteiger partial charge is 0.348 e. The van der Waals surface area contributed by atoms with Crippen LogP contribution in [0.3, 0.4) is 0 Å². The van der Waals surface area contributed by atoms with E-state index in [2.05, 4.69) is 64.1 Å². The van der Waals surface area contributed by atoms with Gasteiger partial charge in [0.05, 0.1) is 12.1 Å². The van der Waals surface area contributed by atoms with E-state index in [1.165, 1.54) is 10.4 Å². The molecule has 1 aromatic carbocycles. The number of nitrogens with one attached hydrogen (secondary N) is 1. The molecule has 0 spiro atoms. The van der Waals surface area contributed by atoms with Gasteiger partial charge < -0.3 is 14.5 Å². The molecule has 3 heterocycles. The second-order valence-corrected chi connectivity index (χ2v) is 7.81. The van der Waals surface area contributed by atoms with Gasteiger partial charge in [-0.25, -0.2) is 0 Å². The van der Waals surface area contributed by atoms with Crippen molar-refractivity contribution in [1.82, 2.24) is 9.13 Å². The van der Waals surface area contributed by atoms with Gasteiger partial charge in [0, 0.05) is 45.6 Å². The lowest BCUT2D eigenvalue weighted by atomic mass is 10.2. The molecule has 4 rings (SSSR count). The Morgan fingerprint density at radius 3 is 2.74 bits per heavy atom. The first-order valence-corrected chi connectivity index (χ1v) is 10.0. The van der Waals surface area contributed by atoms with Crippen molar-refractivity contribution in [2.75, 3.05) is 5.32 Å². The smallest absolute Gasteiger partial charge is 0.257 e. The van der Waals surface area contributed by atoms with Crippen molar-refractivity contribution in [3.8, 4) is 0 Å². The number of anilines is 1. The highest BCUT2D eigenvalue weighted by molar-refractivity contribution is 7.09. The van der Waals surface area contributed by atoms with Crippen LogP contribution in [0.5, 0.6) is 0 Å². The van der Waals surface area contributed by atoms with E-state index in [1.807, 2.05) is 25.1 Å². The number of thiophene rings is 1. The number of aryl methyl sites for hydroxylation is 2. The fourth-order valence-electron chi connectivity index (χ4n) is 3.58. The van der Waals surface area contributed by atoms with Crippen LogP contribution in [-0.2, 0) is 13.1 Å². The maximum absolute atomic E-state index is 12.9. The van der Waals surface area contributed by atoms with Crippen molar-refractivity contribution in [2.45, 2.75) is 33.9 Å². The molecule has 0 saturated heterocycles. The van der Waals surface area contributed by atoms with Gasteiger partial charge in [0.25, 0.3) is 5.91 Å². The van der Waals surface area contributed by atoms with E-state index in [0.29, 0.717) is 0 Å². The standard InChI is InChI=1S/C22H23N3OS/c1-4-24-10-9-17-13-18(7-8-21(17)24)23-22(26)20-12-15(2)25(16(20)3)14-19-6-5-11-27-19/h5-13H,4,14H2,1-3H3,(H,23,26). The Labute approximate surface area is 163 Å². The zero-order valence-electron chi connectivity index (χ0n) is 15.8. The molecule has 0 unspecified atom stereocenters. The molecule has 3 aromatic heterocycles. The number of hydrogen-bond donors (Lipinski definition) is 1. The number of benzene rings is 1. The minimum absolute atomic E-state index is 0.0604. The van der Waals surface area contributed by atoms with Gasteiger partial charge >= 0.3 is 0 Å². The Hall–Kier alpha value is -2.79. The predicted octanol–water partition coefficient (Wildman–Crippen LogP) is 5.44. The van der Waals surface area contributed by atoms with E-state index in [-0.39, 0.29) is 5.91 Å². The quantitative estimate of drug-likeness (QED) is 0.494. The Morgan fingerprint density at radius 2 is 2.00 bits per heavy atom. The van der Waals surface area contributed by atoms with E-state index in [1.54, 1.807) is 11.3 Å². The molecule has 5 heteroatoms. The summed E-state index contributed by atoms with van der Waals surface area (Å²) in [6.07, 6.45) is 2.08. The van der Waals surface area contributed by atoms with Gasteiger partial charge in [-0.1, -0.05) is 6.07 Å². The number of nitrogens with zero attached hydrogens (tertiary/aromatic N) is 2. The molecule has 0 atom stereocenters.